The van der Waals surface area contributed by atoms with Crippen LogP contribution in [0.3, 0.4) is 0 Å². The summed E-state index contributed by atoms with van der Waals surface area (Å²) >= 11 is 1.66. The zero-order valence-electron chi connectivity index (χ0n) is 13.7. The number of likely N-dealkylation sites (N-methyl/N-ethyl adjacent to an activating group) is 1. The van der Waals surface area contributed by atoms with E-state index in [9.17, 15) is 4.79 Å². The van der Waals surface area contributed by atoms with Crippen molar-refractivity contribution in [2.75, 3.05) is 20.6 Å². The SMILES string of the molecule is CN(C)[C@H](CNC(=O)c1occc1-c1ccccc1)c1ccsc1. The lowest BCUT2D eigenvalue weighted by atomic mass is 10.1. The van der Waals surface area contributed by atoms with Crippen LogP contribution in [-0.4, -0.2) is 31.4 Å². The van der Waals surface area contributed by atoms with Gasteiger partial charge in [-0.3, -0.25) is 4.79 Å². The number of hydrogen-bond acceptors (Lipinski definition) is 4. The predicted octanol–water partition coefficient (Wildman–Crippen LogP) is 4.04. The topological polar surface area (TPSA) is 45.5 Å². The van der Waals surface area contributed by atoms with Gasteiger partial charge in [0.1, 0.15) is 0 Å². The smallest absolute Gasteiger partial charge is 0.287 e. The molecule has 0 aliphatic rings. The minimum absolute atomic E-state index is 0.135. The maximum Gasteiger partial charge on any atom is 0.287 e. The molecule has 124 valence electrons. The summed E-state index contributed by atoms with van der Waals surface area (Å²) in [4.78, 5) is 14.7. The molecule has 3 rings (SSSR count). The van der Waals surface area contributed by atoms with Gasteiger partial charge in [0.15, 0.2) is 5.76 Å². The van der Waals surface area contributed by atoms with Crippen LogP contribution in [0, 0.1) is 0 Å². The van der Waals surface area contributed by atoms with Crippen molar-refractivity contribution in [3.05, 3.63) is 70.8 Å². The molecule has 0 saturated heterocycles. The number of nitrogens with one attached hydrogen (secondary N) is 1. The van der Waals surface area contributed by atoms with Gasteiger partial charge in [-0.2, -0.15) is 11.3 Å². The molecule has 1 atom stereocenters. The molecule has 4 nitrogen and oxygen atoms in total. The van der Waals surface area contributed by atoms with Crippen molar-refractivity contribution in [2.45, 2.75) is 6.04 Å². The molecule has 5 heteroatoms. The number of hydrogen-bond donors (Lipinski definition) is 1. The lowest BCUT2D eigenvalue weighted by molar-refractivity contribution is 0.0915. The average Bonchev–Trinajstić information content (AvgIpc) is 3.27. The first-order valence-electron chi connectivity index (χ1n) is 7.76. The van der Waals surface area contributed by atoms with Crippen molar-refractivity contribution in [2.24, 2.45) is 0 Å². The Morgan fingerprint density at radius 1 is 1.21 bits per heavy atom. The molecule has 3 aromatic rings. The Balaban J connectivity index is 1.73. The van der Waals surface area contributed by atoms with Crippen LogP contribution in [-0.2, 0) is 0 Å². The van der Waals surface area contributed by atoms with Crippen molar-refractivity contribution in [1.82, 2.24) is 10.2 Å². The molecule has 0 unspecified atom stereocenters. The van der Waals surface area contributed by atoms with Gasteiger partial charge in [-0.1, -0.05) is 30.3 Å². The zero-order chi connectivity index (χ0) is 16.9. The van der Waals surface area contributed by atoms with Gasteiger partial charge >= 0.3 is 0 Å². The molecular weight excluding hydrogens is 320 g/mol. The molecule has 2 heterocycles. The lowest BCUT2D eigenvalue weighted by Gasteiger charge is -2.23. The maximum atomic E-state index is 12.6. The van der Waals surface area contributed by atoms with Crippen molar-refractivity contribution >= 4 is 17.2 Å². The molecular formula is C19H20N2O2S. The summed E-state index contributed by atoms with van der Waals surface area (Å²) in [6, 6.07) is 13.8. The van der Waals surface area contributed by atoms with Crippen LogP contribution in [0.4, 0.5) is 0 Å². The van der Waals surface area contributed by atoms with Gasteiger partial charge in [-0.25, -0.2) is 0 Å². The largest absolute Gasteiger partial charge is 0.459 e. The Bertz CT molecular complexity index is 779. The fraction of sp³-hybridized carbons (Fsp3) is 0.211. The lowest BCUT2D eigenvalue weighted by Crippen LogP contribution is -2.34. The van der Waals surface area contributed by atoms with E-state index in [4.69, 9.17) is 4.42 Å². The molecule has 0 bridgehead atoms. The highest BCUT2D eigenvalue weighted by Gasteiger charge is 2.20. The third-order valence-electron chi connectivity index (χ3n) is 3.96. The normalized spacial score (nSPS) is 12.3. The third kappa shape index (κ3) is 3.58. The summed E-state index contributed by atoms with van der Waals surface area (Å²) in [7, 11) is 4.02. The Hall–Kier alpha value is -2.37. The Morgan fingerprint density at radius 2 is 2.00 bits per heavy atom. The molecule has 0 aliphatic carbocycles. The van der Waals surface area contributed by atoms with Gasteiger partial charge in [0.25, 0.3) is 5.91 Å². The number of furan rings is 1. The number of carbonyl (C=O) groups excluding carboxylic acids is 1. The van der Waals surface area contributed by atoms with E-state index in [2.05, 4.69) is 21.7 Å². The molecule has 0 spiro atoms. The number of nitrogens with zero attached hydrogens (tertiary/aromatic N) is 1. The van der Waals surface area contributed by atoms with Crippen molar-refractivity contribution in [1.29, 1.82) is 0 Å². The van der Waals surface area contributed by atoms with Crippen molar-refractivity contribution < 1.29 is 9.21 Å². The van der Waals surface area contributed by atoms with Crippen molar-refractivity contribution in [3.63, 3.8) is 0 Å². The summed E-state index contributed by atoms with van der Waals surface area (Å²) in [5, 5.41) is 7.15. The van der Waals surface area contributed by atoms with Gasteiger partial charge in [-0.15, -0.1) is 0 Å². The van der Waals surface area contributed by atoms with Crippen molar-refractivity contribution in [3.8, 4) is 11.1 Å². The van der Waals surface area contributed by atoms with E-state index in [1.54, 1.807) is 17.6 Å². The van der Waals surface area contributed by atoms with Crippen LogP contribution in [0.1, 0.15) is 22.2 Å². The number of rotatable bonds is 6. The van der Waals surface area contributed by atoms with E-state index in [1.807, 2.05) is 55.9 Å². The number of carbonyl (C=O) groups is 1. The second kappa shape index (κ2) is 7.47. The van der Waals surface area contributed by atoms with Crippen LogP contribution < -0.4 is 5.32 Å². The quantitative estimate of drug-likeness (QED) is 0.736. The van der Waals surface area contributed by atoms with Gasteiger partial charge < -0.3 is 14.6 Å². The highest BCUT2D eigenvalue weighted by molar-refractivity contribution is 7.07. The molecule has 0 saturated carbocycles. The third-order valence-corrected chi connectivity index (χ3v) is 4.66. The summed E-state index contributed by atoms with van der Waals surface area (Å²) in [5.74, 6) is 0.157. The maximum absolute atomic E-state index is 12.6. The summed E-state index contributed by atoms with van der Waals surface area (Å²) in [6.45, 7) is 0.525. The van der Waals surface area contributed by atoms with Crippen LogP contribution in [0.25, 0.3) is 11.1 Å². The predicted molar refractivity (Wildman–Crippen MR) is 97.2 cm³/mol. The van der Waals surface area contributed by atoms with E-state index in [1.165, 1.54) is 5.56 Å². The first kappa shape index (κ1) is 16.5. The summed E-state index contributed by atoms with van der Waals surface area (Å²) < 4.78 is 5.44. The highest BCUT2D eigenvalue weighted by Crippen LogP contribution is 2.25. The number of amides is 1. The van der Waals surface area contributed by atoms with E-state index in [-0.39, 0.29) is 11.9 Å². The van der Waals surface area contributed by atoms with Crippen LogP contribution in [0.2, 0.25) is 0 Å². The first-order chi connectivity index (χ1) is 11.7. The average molecular weight is 340 g/mol. The molecule has 0 aliphatic heterocycles. The Kier molecular flexibility index (Phi) is 5.13. The van der Waals surface area contributed by atoms with Crippen LogP contribution in [0.5, 0.6) is 0 Å². The zero-order valence-corrected chi connectivity index (χ0v) is 14.5. The monoisotopic (exact) mass is 340 g/mol. The van der Waals surface area contributed by atoms with Gasteiger partial charge in [0, 0.05) is 12.1 Å². The minimum atomic E-state index is -0.194. The highest BCUT2D eigenvalue weighted by atomic mass is 32.1. The Labute approximate surface area is 145 Å². The minimum Gasteiger partial charge on any atom is -0.459 e. The van der Waals surface area contributed by atoms with Gasteiger partial charge in [-0.05, 0) is 48.1 Å². The Morgan fingerprint density at radius 3 is 2.67 bits per heavy atom. The number of thiophene rings is 1. The number of benzene rings is 1. The second-order valence-electron chi connectivity index (χ2n) is 5.78. The molecule has 2 aromatic heterocycles. The molecule has 0 fully saturated rings. The standard InChI is InChI=1S/C19H20N2O2S/c1-21(2)17(15-9-11-24-13-15)12-20-19(22)18-16(8-10-23-18)14-6-4-3-5-7-14/h3-11,13,17H,12H2,1-2H3,(H,20,22)/t17-/m1/s1. The summed E-state index contributed by atoms with van der Waals surface area (Å²) in [5.41, 5.74) is 2.98. The fourth-order valence-corrected chi connectivity index (χ4v) is 3.37. The van der Waals surface area contributed by atoms with E-state index in [0.717, 1.165) is 11.1 Å². The molecule has 1 aromatic carbocycles. The van der Waals surface area contributed by atoms with E-state index >= 15 is 0 Å². The van der Waals surface area contributed by atoms with E-state index < -0.39 is 0 Å². The van der Waals surface area contributed by atoms with Gasteiger partial charge in [0.2, 0.25) is 0 Å². The molecule has 0 radical (unpaired) electrons. The molecule has 1 N–H and O–H groups in total. The first-order valence-corrected chi connectivity index (χ1v) is 8.70. The van der Waals surface area contributed by atoms with E-state index in [0.29, 0.717) is 12.3 Å². The molecule has 1 amide bonds. The van der Waals surface area contributed by atoms with Crippen LogP contribution >= 0.6 is 11.3 Å². The van der Waals surface area contributed by atoms with Gasteiger partial charge in [0.05, 0.1) is 12.3 Å². The van der Waals surface area contributed by atoms with Crippen LogP contribution in [0.15, 0.2) is 63.9 Å². The summed E-state index contributed by atoms with van der Waals surface area (Å²) in [6.07, 6.45) is 1.56. The fourth-order valence-electron chi connectivity index (χ4n) is 2.66. The second-order valence-corrected chi connectivity index (χ2v) is 6.56. The molecule has 24 heavy (non-hydrogen) atoms.